The number of carboxylic acid groups (broad SMARTS) is 1. The van der Waals surface area contributed by atoms with Crippen LogP contribution < -0.4 is 0 Å². The van der Waals surface area contributed by atoms with Crippen LogP contribution in [0.5, 0.6) is 0 Å². The minimum atomic E-state index is -0.792. The minimum Gasteiger partial charge on any atom is -0.481 e. The predicted octanol–water partition coefficient (Wildman–Crippen LogP) is 2.13. The molecule has 0 saturated heterocycles. The summed E-state index contributed by atoms with van der Waals surface area (Å²) >= 11 is 3.10. The van der Waals surface area contributed by atoms with Crippen LogP contribution in [0.2, 0.25) is 0 Å². The van der Waals surface area contributed by atoms with E-state index in [0.29, 0.717) is 30.4 Å². The molecule has 0 aromatic carbocycles. The van der Waals surface area contributed by atoms with E-state index in [2.05, 4.69) is 22.5 Å². The molecular weight excluding hydrogens is 264 g/mol. The van der Waals surface area contributed by atoms with Crippen molar-refractivity contribution < 1.29 is 19.4 Å². The molecule has 0 amide bonds. The highest BCUT2D eigenvalue weighted by molar-refractivity contribution is 9.09. The Kier molecular flexibility index (Phi) is 7.99. The number of unbranched alkanes of at least 4 members (excludes halogenated alkanes) is 2. The van der Waals surface area contributed by atoms with Crippen LogP contribution in [0, 0.1) is 0 Å². The van der Waals surface area contributed by atoms with Crippen LogP contribution in [-0.4, -0.2) is 29.0 Å². The first-order valence-electron chi connectivity index (χ1n) is 4.70. The zero-order chi connectivity index (χ0) is 11.7. The molecule has 0 aliphatic rings. The van der Waals surface area contributed by atoms with Crippen molar-refractivity contribution in [2.75, 3.05) is 11.9 Å². The number of hydrogen-bond donors (Lipinski definition) is 1. The highest BCUT2D eigenvalue weighted by Crippen LogP contribution is 2.03. The van der Waals surface area contributed by atoms with Gasteiger partial charge in [-0.25, -0.2) is 4.79 Å². The Balaban J connectivity index is 3.35. The first-order valence-corrected chi connectivity index (χ1v) is 5.82. The fourth-order valence-electron chi connectivity index (χ4n) is 0.877. The van der Waals surface area contributed by atoms with Gasteiger partial charge in [0.05, 0.1) is 6.61 Å². The van der Waals surface area contributed by atoms with Crippen LogP contribution in [0.1, 0.15) is 25.7 Å². The minimum absolute atomic E-state index is 0.169. The number of rotatable bonds is 8. The summed E-state index contributed by atoms with van der Waals surface area (Å²) in [6.07, 6.45) is 2.23. The number of carbonyl (C=O) groups is 2. The third-order valence-corrected chi connectivity index (χ3v) is 2.39. The van der Waals surface area contributed by atoms with Crippen LogP contribution in [-0.2, 0) is 14.3 Å². The summed E-state index contributed by atoms with van der Waals surface area (Å²) in [5, 5.41) is 8.77. The largest absolute Gasteiger partial charge is 0.481 e. The Morgan fingerprint density at radius 3 is 2.47 bits per heavy atom. The second kappa shape index (κ2) is 8.47. The topological polar surface area (TPSA) is 63.6 Å². The lowest BCUT2D eigenvalue weighted by Crippen LogP contribution is -2.09. The number of carboxylic acids is 1. The van der Waals surface area contributed by atoms with Gasteiger partial charge in [-0.1, -0.05) is 22.5 Å². The molecule has 0 unspecified atom stereocenters. The monoisotopic (exact) mass is 278 g/mol. The zero-order valence-electron chi connectivity index (χ0n) is 8.50. The van der Waals surface area contributed by atoms with Crippen LogP contribution in [0.25, 0.3) is 0 Å². The van der Waals surface area contributed by atoms with Crippen LogP contribution in [0.4, 0.5) is 0 Å². The van der Waals surface area contributed by atoms with Crippen molar-refractivity contribution >= 4 is 27.9 Å². The normalized spacial score (nSPS) is 9.67. The SMILES string of the molecule is C=C(CBr)C(=O)OCCCCCC(=O)O. The molecule has 0 fully saturated rings. The van der Waals surface area contributed by atoms with E-state index in [1.54, 1.807) is 0 Å². The van der Waals surface area contributed by atoms with Crippen LogP contribution in [0.15, 0.2) is 12.2 Å². The molecule has 86 valence electrons. The molecular formula is C10H15BrO4. The zero-order valence-corrected chi connectivity index (χ0v) is 10.1. The Labute approximate surface area is 97.4 Å². The average Bonchev–Trinajstić information content (AvgIpc) is 2.21. The first kappa shape index (κ1) is 14.2. The number of halogens is 1. The Bertz CT molecular complexity index is 238. The van der Waals surface area contributed by atoms with Gasteiger partial charge in [-0.2, -0.15) is 0 Å². The molecule has 15 heavy (non-hydrogen) atoms. The Morgan fingerprint density at radius 2 is 1.93 bits per heavy atom. The van der Waals surface area contributed by atoms with Crippen LogP contribution in [0.3, 0.4) is 0 Å². The van der Waals surface area contributed by atoms with Crippen molar-refractivity contribution in [2.24, 2.45) is 0 Å². The maximum absolute atomic E-state index is 11.1. The van der Waals surface area contributed by atoms with E-state index < -0.39 is 11.9 Å². The third-order valence-electron chi connectivity index (χ3n) is 1.72. The lowest BCUT2D eigenvalue weighted by molar-refractivity contribution is -0.139. The van der Waals surface area contributed by atoms with Gasteiger partial charge in [-0.15, -0.1) is 0 Å². The molecule has 0 aromatic rings. The molecule has 1 N–H and O–H groups in total. The highest BCUT2D eigenvalue weighted by Gasteiger charge is 2.05. The third kappa shape index (κ3) is 8.17. The second-order valence-corrected chi connectivity index (χ2v) is 3.64. The van der Waals surface area contributed by atoms with Crippen molar-refractivity contribution in [1.82, 2.24) is 0 Å². The van der Waals surface area contributed by atoms with Gasteiger partial charge < -0.3 is 9.84 Å². The van der Waals surface area contributed by atoms with Gasteiger partial charge in [0.25, 0.3) is 0 Å². The van der Waals surface area contributed by atoms with Crippen molar-refractivity contribution in [1.29, 1.82) is 0 Å². The summed E-state index contributed by atoms with van der Waals surface area (Å²) in [6.45, 7) is 3.84. The van der Waals surface area contributed by atoms with Gasteiger partial charge in [0, 0.05) is 17.3 Å². The summed E-state index contributed by atoms with van der Waals surface area (Å²) in [5.74, 6) is -1.19. The molecule has 0 atom stereocenters. The number of hydrogen-bond acceptors (Lipinski definition) is 3. The van der Waals surface area contributed by atoms with Gasteiger partial charge >= 0.3 is 11.9 Å². The van der Waals surface area contributed by atoms with E-state index in [0.717, 1.165) is 6.42 Å². The Morgan fingerprint density at radius 1 is 1.27 bits per heavy atom. The molecule has 0 aliphatic heterocycles. The van der Waals surface area contributed by atoms with E-state index >= 15 is 0 Å². The molecule has 0 rings (SSSR count). The first-order chi connectivity index (χ1) is 7.07. The standard InChI is InChI=1S/C10H15BrO4/c1-8(7-11)10(14)15-6-4-2-3-5-9(12)13/h1-7H2,(H,12,13). The summed E-state index contributed by atoms with van der Waals surface area (Å²) in [5.41, 5.74) is 0.389. The Hall–Kier alpha value is -0.840. The maximum Gasteiger partial charge on any atom is 0.334 e. The summed E-state index contributed by atoms with van der Waals surface area (Å²) < 4.78 is 4.89. The fourth-order valence-corrected chi connectivity index (χ4v) is 1.11. The summed E-state index contributed by atoms with van der Waals surface area (Å²) in [6, 6.07) is 0. The van der Waals surface area contributed by atoms with Crippen molar-refractivity contribution in [2.45, 2.75) is 25.7 Å². The van der Waals surface area contributed by atoms with E-state index in [1.807, 2.05) is 0 Å². The van der Waals surface area contributed by atoms with Gasteiger partial charge in [0.1, 0.15) is 0 Å². The number of aliphatic carboxylic acids is 1. The molecule has 0 aliphatic carbocycles. The van der Waals surface area contributed by atoms with Crippen molar-refractivity contribution in [3.63, 3.8) is 0 Å². The van der Waals surface area contributed by atoms with Crippen molar-refractivity contribution in [3.05, 3.63) is 12.2 Å². The highest BCUT2D eigenvalue weighted by atomic mass is 79.9. The smallest absolute Gasteiger partial charge is 0.334 e. The van der Waals surface area contributed by atoms with E-state index in [4.69, 9.17) is 9.84 Å². The van der Waals surface area contributed by atoms with Gasteiger partial charge in [-0.3, -0.25) is 4.79 Å². The molecule has 0 heterocycles. The van der Waals surface area contributed by atoms with E-state index in [9.17, 15) is 9.59 Å². The lowest BCUT2D eigenvalue weighted by Gasteiger charge is -2.04. The summed E-state index contributed by atoms with van der Waals surface area (Å²) in [7, 11) is 0. The van der Waals surface area contributed by atoms with Gasteiger partial charge in [0.15, 0.2) is 0 Å². The number of esters is 1. The summed E-state index contributed by atoms with van der Waals surface area (Å²) in [4.78, 5) is 21.2. The molecule has 0 aromatic heterocycles. The molecule has 4 nitrogen and oxygen atoms in total. The second-order valence-electron chi connectivity index (χ2n) is 3.08. The molecule has 0 saturated carbocycles. The number of alkyl halides is 1. The molecule has 5 heteroatoms. The fraction of sp³-hybridized carbons (Fsp3) is 0.600. The van der Waals surface area contributed by atoms with E-state index in [1.165, 1.54) is 0 Å². The van der Waals surface area contributed by atoms with Crippen molar-refractivity contribution in [3.8, 4) is 0 Å². The maximum atomic E-state index is 11.1. The quantitative estimate of drug-likeness (QED) is 0.320. The van der Waals surface area contributed by atoms with Gasteiger partial charge in [-0.05, 0) is 19.3 Å². The lowest BCUT2D eigenvalue weighted by atomic mass is 10.2. The number of carbonyl (C=O) groups excluding carboxylic acids is 1. The molecule has 0 spiro atoms. The number of ether oxygens (including phenoxy) is 1. The van der Waals surface area contributed by atoms with Gasteiger partial charge in [0.2, 0.25) is 0 Å². The van der Waals surface area contributed by atoms with E-state index in [-0.39, 0.29) is 6.42 Å². The van der Waals surface area contributed by atoms with Crippen LogP contribution >= 0.6 is 15.9 Å². The molecule has 0 bridgehead atoms. The average molecular weight is 279 g/mol. The molecule has 0 radical (unpaired) electrons. The predicted molar refractivity (Wildman–Crippen MR) is 60.0 cm³/mol.